The van der Waals surface area contributed by atoms with Gasteiger partial charge in [0.25, 0.3) is 21.8 Å². The van der Waals surface area contributed by atoms with Gasteiger partial charge in [0.05, 0.1) is 21.8 Å². The number of rotatable bonds is 8. The number of carbonyl (C=O) groups is 2. The van der Waals surface area contributed by atoms with Crippen LogP contribution < -0.4 is 15.4 Å². The molecule has 36 heavy (non-hydrogen) atoms. The van der Waals surface area contributed by atoms with Crippen molar-refractivity contribution in [3.05, 3.63) is 125 Å². The van der Waals surface area contributed by atoms with E-state index in [0.717, 1.165) is 5.56 Å². The summed E-state index contributed by atoms with van der Waals surface area (Å²) in [5.41, 5.74) is 2.66. The summed E-state index contributed by atoms with van der Waals surface area (Å²) in [7, 11) is -3.82. The lowest BCUT2D eigenvalue weighted by Crippen LogP contribution is -2.25. The molecule has 4 aromatic rings. The van der Waals surface area contributed by atoms with E-state index in [9.17, 15) is 18.0 Å². The van der Waals surface area contributed by atoms with Crippen LogP contribution >= 0.6 is 0 Å². The van der Waals surface area contributed by atoms with Gasteiger partial charge >= 0.3 is 0 Å². The van der Waals surface area contributed by atoms with Crippen LogP contribution in [-0.2, 0) is 16.6 Å². The second kappa shape index (κ2) is 10.9. The van der Waals surface area contributed by atoms with Gasteiger partial charge in [-0.05, 0) is 54.4 Å². The van der Waals surface area contributed by atoms with Gasteiger partial charge in [-0.1, -0.05) is 66.7 Å². The summed E-state index contributed by atoms with van der Waals surface area (Å²) in [6.45, 7) is 2.01. The van der Waals surface area contributed by atoms with Gasteiger partial charge in [0.15, 0.2) is 0 Å². The van der Waals surface area contributed by atoms with Gasteiger partial charge in [-0.15, -0.1) is 0 Å². The molecule has 0 heterocycles. The lowest BCUT2D eigenvalue weighted by atomic mass is 10.1. The van der Waals surface area contributed by atoms with Crippen molar-refractivity contribution in [1.29, 1.82) is 0 Å². The first-order valence-corrected chi connectivity index (χ1v) is 12.7. The molecule has 0 aromatic heterocycles. The molecule has 0 bridgehead atoms. The van der Waals surface area contributed by atoms with Crippen LogP contribution in [-0.4, -0.2) is 20.2 Å². The van der Waals surface area contributed by atoms with Gasteiger partial charge in [-0.3, -0.25) is 14.3 Å². The molecule has 0 atom stereocenters. The van der Waals surface area contributed by atoms with Crippen LogP contribution in [0.3, 0.4) is 0 Å². The predicted molar refractivity (Wildman–Crippen MR) is 140 cm³/mol. The minimum absolute atomic E-state index is 0.120. The van der Waals surface area contributed by atoms with Crippen molar-refractivity contribution in [2.75, 3.05) is 10.0 Å². The lowest BCUT2D eigenvalue weighted by Gasteiger charge is -2.15. The monoisotopic (exact) mass is 499 g/mol. The second-order valence-electron chi connectivity index (χ2n) is 8.06. The van der Waals surface area contributed by atoms with Crippen LogP contribution in [0.15, 0.2) is 108 Å². The summed E-state index contributed by atoms with van der Waals surface area (Å²) < 4.78 is 28.1. The number of para-hydroxylation sites is 1. The normalized spacial score (nSPS) is 10.9. The van der Waals surface area contributed by atoms with Crippen molar-refractivity contribution in [3.8, 4) is 0 Å². The molecule has 182 valence electrons. The topological polar surface area (TPSA) is 104 Å². The molecule has 0 saturated heterocycles. The van der Waals surface area contributed by atoms with E-state index in [2.05, 4.69) is 15.4 Å². The van der Waals surface area contributed by atoms with E-state index in [-0.39, 0.29) is 16.4 Å². The highest BCUT2D eigenvalue weighted by Gasteiger charge is 2.19. The van der Waals surface area contributed by atoms with Crippen molar-refractivity contribution < 1.29 is 18.0 Å². The second-order valence-corrected chi connectivity index (χ2v) is 9.75. The number of hydrogen-bond acceptors (Lipinski definition) is 4. The third-order valence-electron chi connectivity index (χ3n) is 5.59. The molecule has 0 aliphatic heterocycles. The smallest absolute Gasteiger partial charge is 0.261 e. The molecule has 8 heteroatoms. The van der Waals surface area contributed by atoms with Crippen LogP contribution in [0, 0.1) is 6.92 Å². The van der Waals surface area contributed by atoms with Gasteiger partial charge in [0, 0.05) is 12.1 Å². The molecule has 0 spiro atoms. The zero-order chi connectivity index (χ0) is 25.5. The average molecular weight is 500 g/mol. The fourth-order valence-corrected chi connectivity index (χ4v) is 4.79. The summed E-state index contributed by atoms with van der Waals surface area (Å²) in [5.74, 6) is -0.785. The number of anilines is 2. The van der Waals surface area contributed by atoms with Crippen LogP contribution in [0.5, 0.6) is 0 Å². The summed E-state index contributed by atoms with van der Waals surface area (Å²) in [5, 5.41) is 5.66. The Kier molecular flexibility index (Phi) is 7.46. The number of carbonyl (C=O) groups excluding carboxylic acids is 2. The van der Waals surface area contributed by atoms with E-state index in [1.165, 1.54) is 12.1 Å². The quantitative estimate of drug-likeness (QED) is 0.318. The first kappa shape index (κ1) is 24.7. The zero-order valence-corrected chi connectivity index (χ0v) is 20.4. The Balaban J connectivity index is 1.52. The Labute approximate surface area is 210 Å². The third kappa shape index (κ3) is 5.79. The predicted octanol–water partition coefficient (Wildman–Crippen LogP) is 4.98. The number of nitrogens with one attached hydrogen (secondary N) is 3. The van der Waals surface area contributed by atoms with Crippen molar-refractivity contribution in [2.45, 2.75) is 18.4 Å². The Morgan fingerprint density at radius 3 is 1.97 bits per heavy atom. The standard InChI is InChI=1S/C28H25N3O4S/c1-20-23(16-10-18-25(20)31-36(34,35)22-13-6-3-7-14-22)28(33)30-26-17-9-8-15-24(26)27(32)29-19-21-11-4-2-5-12-21/h2-18,31H,19H2,1H3,(H,29,32)(H,30,33). The number of amides is 2. The Morgan fingerprint density at radius 1 is 0.667 bits per heavy atom. The summed E-state index contributed by atoms with van der Waals surface area (Å²) >= 11 is 0. The van der Waals surface area contributed by atoms with Crippen molar-refractivity contribution in [1.82, 2.24) is 5.32 Å². The molecule has 7 nitrogen and oxygen atoms in total. The fourth-order valence-electron chi connectivity index (χ4n) is 3.65. The van der Waals surface area contributed by atoms with Crippen molar-refractivity contribution in [3.63, 3.8) is 0 Å². The van der Waals surface area contributed by atoms with Gasteiger partial charge in [-0.2, -0.15) is 0 Å². The largest absolute Gasteiger partial charge is 0.348 e. The molecule has 0 unspecified atom stereocenters. The molecule has 2 amide bonds. The number of sulfonamides is 1. The molecular formula is C28H25N3O4S. The van der Waals surface area contributed by atoms with Crippen LogP contribution in [0.1, 0.15) is 31.8 Å². The molecule has 0 radical (unpaired) electrons. The Hall–Kier alpha value is -4.43. The van der Waals surface area contributed by atoms with E-state index < -0.39 is 15.9 Å². The molecule has 0 fully saturated rings. The van der Waals surface area contributed by atoms with Gasteiger partial charge < -0.3 is 10.6 Å². The number of benzene rings is 4. The maximum Gasteiger partial charge on any atom is 0.261 e. The molecule has 0 saturated carbocycles. The molecule has 0 aliphatic carbocycles. The highest BCUT2D eigenvalue weighted by molar-refractivity contribution is 7.92. The van der Waals surface area contributed by atoms with E-state index in [1.807, 2.05) is 30.3 Å². The molecule has 0 aliphatic rings. The summed E-state index contributed by atoms with van der Waals surface area (Å²) in [6.07, 6.45) is 0. The first-order valence-electron chi connectivity index (χ1n) is 11.2. The average Bonchev–Trinajstić information content (AvgIpc) is 2.90. The van der Waals surface area contributed by atoms with Gasteiger partial charge in [0.2, 0.25) is 0 Å². The van der Waals surface area contributed by atoms with Gasteiger partial charge in [0.1, 0.15) is 0 Å². The molecule has 4 rings (SSSR count). The first-order chi connectivity index (χ1) is 17.3. The molecule has 3 N–H and O–H groups in total. The maximum absolute atomic E-state index is 13.2. The van der Waals surface area contributed by atoms with E-state index in [1.54, 1.807) is 67.6 Å². The number of hydrogen-bond donors (Lipinski definition) is 3. The van der Waals surface area contributed by atoms with E-state index >= 15 is 0 Å². The SMILES string of the molecule is Cc1c(NS(=O)(=O)c2ccccc2)cccc1C(=O)Nc1ccccc1C(=O)NCc1ccccc1. The highest BCUT2D eigenvalue weighted by atomic mass is 32.2. The van der Waals surface area contributed by atoms with Crippen molar-refractivity contribution >= 4 is 33.2 Å². The fraction of sp³-hybridized carbons (Fsp3) is 0.0714. The summed E-state index contributed by atoms with van der Waals surface area (Å²) in [6, 6.07) is 29.0. The highest BCUT2D eigenvalue weighted by Crippen LogP contribution is 2.24. The third-order valence-corrected chi connectivity index (χ3v) is 6.97. The Bertz CT molecular complexity index is 1490. The van der Waals surface area contributed by atoms with E-state index in [0.29, 0.717) is 29.0 Å². The minimum atomic E-state index is -3.82. The Morgan fingerprint density at radius 2 is 1.25 bits per heavy atom. The van der Waals surface area contributed by atoms with Crippen LogP contribution in [0.2, 0.25) is 0 Å². The zero-order valence-electron chi connectivity index (χ0n) is 19.6. The van der Waals surface area contributed by atoms with Crippen LogP contribution in [0.4, 0.5) is 11.4 Å². The maximum atomic E-state index is 13.2. The minimum Gasteiger partial charge on any atom is -0.348 e. The van der Waals surface area contributed by atoms with E-state index in [4.69, 9.17) is 0 Å². The molecular weight excluding hydrogens is 474 g/mol. The van der Waals surface area contributed by atoms with Crippen LogP contribution in [0.25, 0.3) is 0 Å². The van der Waals surface area contributed by atoms with Gasteiger partial charge in [-0.25, -0.2) is 8.42 Å². The molecule has 4 aromatic carbocycles. The lowest BCUT2D eigenvalue weighted by molar-refractivity contribution is 0.0951. The van der Waals surface area contributed by atoms with Crippen molar-refractivity contribution in [2.24, 2.45) is 0 Å². The summed E-state index contributed by atoms with van der Waals surface area (Å²) in [4.78, 5) is 26.1.